The molecule has 28 heavy (non-hydrogen) atoms. The number of hydrogen-bond donors (Lipinski definition) is 1. The maximum absolute atomic E-state index is 12.3. The Morgan fingerprint density at radius 2 is 2.14 bits per heavy atom. The molecular formula is C23H30ClNO3. The molecule has 5 heteroatoms. The quantitative estimate of drug-likeness (QED) is 0.377. The Morgan fingerprint density at radius 1 is 1.43 bits per heavy atom. The molecule has 3 rings (SSSR count). The van der Waals surface area contributed by atoms with Gasteiger partial charge in [-0.3, -0.25) is 4.79 Å². The zero-order chi connectivity index (χ0) is 20.7. The van der Waals surface area contributed by atoms with E-state index in [0.29, 0.717) is 19.4 Å². The second-order valence-corrected chi connectivity index (χ2v) is 9.35. The molecule has 0 heterocycles. The lowest BCUT2D eigenvalue weighted by atomic mass is 9.49. The van der Waals surface area contributed by atoms with Gasteiger partial charge in [0.05, 0.1) is 11.1 Å². The number of nitrogens with zero attached hydrogens (tertiary/aromatic N) is 1. The fourth-order valence-electron chi connectivity index (χ4n) is 5.20. The van der Waals surface area contributed by atoms with Crippen LogP contribution in [0.5, 0.6) is 0 Å². The fraction of sp³-hybridized carbons (Fsp3) is 0.565. The molecule has 0 aromatic heterocycles. The van der Waals surface area contributed by atoms with Crippen molar-refractivity contribution in [2.24, 2.45) is 16.5 Å². The van der Waals surface area contributed by atoms with Crippen LogP contribution in [-0.4, -0.2) is 23.4 Å². The van der Waals surface area contributed by atoms with E-state index >= 15 is 0 Å². The van der Waals surface area contributed by atoms with E-state index in [1.165, 1.54) is 0 Å². The van der Waals surface area contributed by atoms with Crippen molar-refractivity contribution in [1.29, 1.82) is 0 Å². The van der Waals surface area contributed by atoms with Gasteiger partial charge in [-0.05, 0) is 66.7 Å². The van der Waals surface area contributed by atoms with E-state index in [1.54, 1.807) is 6.08 Å². The molecule has 0 bridgehead atoms. The van der Waals surface area contributed by atoms with Crippen LogP contribution in [0.4, 0.5) is 0 Å². The second-order valence-electron chi connectivity index (χ2n) is 8.95. The lowest BCUT2D eigenvalue weighted by Crippen LogP contribution is -2.53. The van der Waals surface area contributed by atoms with Crippen LogP contribution < -0.4 is 0 Å². The van der Waals surface area contributed by atoms with Crippen molar-refractivity contribution >= 4 is 23.3 Å². The highest BCUT2D eigenvalue weighted by Gasteiger charge is 2.56. The summed E-state index contributed by atoms with van der Waals surface area (Å²) >= 11 is 6.66. The van der Waals surface area contributed by atoms with E-state index in [1.807, 2.05) is 6.92 Å². The molecule has 0 saturated heterocycles. The number of hydrogen-bond acceptors (Lipinski definition) is 3. The molecule has 1 saturated carbocycles. The first-order valence-corrected chi connectivity index (χ1v) is 10.4. The smallest absolute Gasteiger partial charge is 0.309 e. The minimum absolute atomic E-state index is 0.0641. The van der Waals surface area contributed by atoms with Crippen molar-refractivity contribution in [3.8, 4) is 0 Å². The molecule has 2 aliphatic carbocycles. The van der Waals surface area contributed by atoms with Gasteiger partial charge in [-0.1, -0.05) is 56.6 Å². The zero-order valence-electron chi connectivity index (χ0n) is 17.2. The fourth-order valence-corrected chi connectivity index (χ4v) is 5.59. The third-order valence-electron chi connectivity index (χ3n) is 6.87. The van der Waals surface area contributed by atoms with Crippen LogP contribution in [0.15, 0.2) is 29.9 Å². The highest BCUT2D eigenvalue weighted by Crippen LogP contribution is 2.58. The number of fused-ring (bicyclic) bond motifs is 3. The molecule has 0 amide bonds. The largest absolute Gasteiger partial charge is 0.481 e. The number of carbonyl (C=O) groups is 1. The molecule has 0 aliphatic heterocycles. The summed E-state index contributed by atoms with van der Waals surface area (Å²) < 4.78 is 0. The summed E-state index contributed by atoms with van der Waals surface area (Å²) in [6, 6.07) is 4.18. The van der Waals surface area contributed by atoms with Gasteiger partial charge in [0.1, 0.15) is 6.61 Å². The molecule has 152 valence electrons. The molecule has 1 N–H and O–H groups in total. The van der Waals surface area contributed by atoms with E-state index < -0.39 is 11.4 Å². The topological polar surface area (TPSA) is 58.9 Å². The number of aliphatic carboxylic acids is 1. The molecule has 0 radical (unpaired) electrons. The maximum Gasteiger partial charge on any atom is 0.309 e. The summed E-state index contributed by atoms with van der Waals surface area (Å²) in [5.74, 6) is -0.511. The summed E-state index contributed by atoms with van der Waals surface area (Å²) in [6.45, 7) is 12.3. The van der Waals surface area contributed by atoms with Gasteiger partial charge in [0.15, 0.2) is 0 Å². The van der Waals surface area contributed by atoms with E-state index in [2.05, 4.69) is 44.6 Å². The van der Waals surface area contributed by atoms with Crippen molar-refractivity contribution < 1.29 is 14.7 Å². The van der Waals surface area contributed by atoms with E-state index in [4.69, 9.17) is 16.4 Å². The standard InChI is InChI=1S/C23H30ClNO3/c1-6-10-28-25-19-13-20-22(4,8-7-9-23(20,5)21(26)27)17-12-18(24)15(14(2)3)11-16(17)19/h6,11-12,14,20H,1,7-10,13H2,2-5H3,(H,26,27)/t20?,22-,23-/m1/s1. The second kappa shape index (κ2) is 7.55. The Balaban J connectivity index is 2.22. The van der Waals surface area contributed by atoms with Crippen molar-refractivity contribution in [1.82, 2.24) is 0 Å². The average Bonchev–Trinajstić information content (AvgIpc) is 2.62. The monoisotopic (exact) mass is 403 g/mol. The number of carboxylic acids is 1. The summed E-state index contributed by atoms with van der Waals surface area (Å²) in [7, 11) is 0. The SMILES string of the molecule is C=CCON=C1CC2[C@](C)(C(=O)O)CCC[C@]2(C)c2cc(Cl)c(C(C)C)cc21. The van der Waals surface area contributed by atoms with Gasteiger partial charge < -0.3 is 9.94 Å². The normalized spacial score (nSPS) is 30.6. The third kappa shape index (κ3) is 3.26. The molecule has 1 aromatic carbocycles. The van der Waals surface area contributed by atoms with Crippen LogP contribution in [-0.2, 0) is 15.0 Å². The first-order valence-electron chi connectivity index (χ1n) is 10.0. The number of oxime groups is 1. The van der Waals surface area contributed by atoms with Crippen LogP contribution in [0.25, 0.3) is 0 Å². The highest BCUT2D eigenvalue weighted by molar-refractivity contribution is 6.31. The number of rotatable bonds is 5. The van der Waals surface area contributed by atoms with Crippen molar-refractivity contribution in [3.05, 3.63) is 46.5 Å². The Bertz CT molecular complexity index is 831. The summed E-state index contributed by atoms with van der Waals surface area (Å²) in [5, 5.41) is 15.2. The number of carboxylic acid groups (broad SMARTS) is 1. The minimum atomic E-state index is -0.799. The molecule has 4 nitrogen and oxygen atoms in total. The van der Waals surface area contributed by atoms with E-state index in [9.17, 15) is 9.90 Å². The van der Waals surface area contributed by atoms with Crippen LogP contribution in [0, 0.1) is 11.3 Å². The lowest BCUT2D eigenvalue weighted by Gasteiger charge is -2.53. The van der Waals surface area contributed by atoms with E-state index in [-0.39, 0.29) is 17.3 Å². The summed E-state index contributed by atoms with van der Waals surface area (Å²) in [4.78, 5) is 17.7. The summed E-state index contributed by atoms with van der Waals surface area (Å²) in [5.41, 5.74) is 2.99. The van der Waals surface area contributed by atoms with Gasteiger partial charge in [0.2, 0.25) is 0 Å². The predicted octanol–water partition coefficient (Wildman–Crippen LogP) is 5.92. The highest BCUT2D eigenvalue weighted by atomic mass is 35.5. The van der Waals surface area contributed by atoms with Crippen LogP contribution in [0.2, 0.25) is 5.02 Å². The zero-order valence-corrected chi connectivity index (χ0v) is 18.0. The Kier molecular flexibility index (Phi) is 5.64. The summed E-state index contributed by atoms with van der Waals surface area (Å²) in [6.07, 6.45) is 4.75. The first kappa shape index (κ1) is 20.9. The molecule has 3 atom stereocenters. The van der Waals surface area contributed by atoms with Crippen LogP contribution in [0.3, 0.4) is 0 Å². The van der Waals surface area contributed by atoms with Gasteiger partial charge >= 0.3 is 5.97 Å². The number of benzene rings is 1. The van der Waals surface area contributed by atoms with Gasteiger partial charge in [-0.25, -0.2) is 0 Å². The molecule has 2 aliphatic rings. The average molecular weight is 404 g/mol. The Labute approximate surface area is 172 Å². The molecule has 1 aromatic rings. The van der Waals surface area contributed by atoms with Gasteiger partial charge in [-0.15, -0.1) is 0 Å². The van der Waals surface area contributed by atoms with Crippen LogP contribution in [0.1, 0.15) is 76.0 Å². The molecular weight excluding hydrogens is 374 g/mol. The van der Waals surface area contributed by atoms with Crippen molar-refractivity contribution in [2.75, 3.05) is 6.61 Å². The van der Waals surface area contributed by atoms with Gasteiger partial charge in [0, 0.05) is 10.6 Å². The first-order chi connectivity index (χ1) is 13.1. The third-order valence-corrected chi connectivity index (χ3v) is 7.20. The lowest BCUT2D eigenvalue weighted by molar-refractivity contribution is -0.156. The molecule has 1 unspecified atom stereocenters. The molecule has 1 fully saturated rings. The van der Waals surface area contributed by atoms with E-state index in [0.717, 1.165) is 40.3 Å². The van der Waals surface area contributed by atoms with Crippen molar-refractivity contribution in [2.45, 2.75) is 64.7 Å². The van der Waals surface area contributed by atoms with Gasteiger partial charge in [0.25, 0.3) is 0 Å². The maximum atomic E-state index is 12.3. The molecule has 0 spiro atoms. The van der Waals surface area contributed by atoms with Gasteiger partial charge in [-0.2, -0.15) is 0 Å². The van der Waals surface area contributed by atoms with Crippen molar-refractivity contribution in [3.63, 3.8) is 0 Å². The Morgan fingerprint density at radius 3 is 2.75 bits per heavy atom. The van der Waals surface area contributed by atoms with Crippen LogP contribution >= 0.6 is 11.6 Å². The minimum Gasteiger partial charge on any atom is -0.481 e. The predicted molar refractivity (Wildman–Crippen MR) is 113 cm³/mol. The Hall–Kier alpha value is -1.81. The number of halogens is 1.